The Labute approximate surface area is 94.1 Å². The molecule has 0 aliphatic rings. The lowest BCUT2D eigenvalue weighted by Gasteiger charge is -2.23. The summed E-state index contributed by atoms with van der Waals surface area (Å²) in [6, 6.07) is 10.9. The van der Waals surface area contributed by atoms with Crippen LogP contribution in [0.15, 0.2) is 30.3 Å². The summed E-state index contributed by atoms with van der Waals surface area (Å²) in [7, 11) is 4.28. The topological polar surface area (TPSA) is 3.24 Å². The van der Waals surface area contributed by atoms with E-state index in [-0.39, 0.29) is 0 Å². The second-order valence-corrected chi connectivity index (χ2v) is 4.85. The van der Waals surface area contributed by atoms with Gasteiger partial charge >= 0.3 is 0 Å². The quantitative estimate of drug-likeness (QED) is 0.712. The molecular formula is C14H23N. The standard InChI is InChI=1S/C14H23N/c1-12(2)14(10-11-15(3)4)13-8-6-5-7-9-13/h5-9,12,14H,10-11H2,1-4H3. The molecule has 0 aliphatic carbocycles. The summed E-state index contributed by atoms with van der Waals surface area (Å²) in [5.74, 6) is 1.40. The van der Waals surface area contributed by atoms with Gasteiger partial charge in [-0.1, -0.05) is 44.2 Å². The lowest BCUT2D eigenvalue weighted by molar-refractivity contribution is 0.352. The molecule has 15 heavy (non-hydrogen) atoms. The average Bonchev–Trinajstić information content (AvgIpc) is 2.18. The van der Waals surface area contributed by atoms with Crippen LogP contribution >= 0.6 is 0 Å². The molecule has 1 heteroatoms. The van der Waals surface area contributed by atoms with E-state index in [1.165, 1.54) is 12.0 Å². The van der Waals surface area contributed by atoms with Crippen molar-refractivity contribution in [1.29, 1.82) is 0 Å². The molecule has 0 heterocycles. The van der Waals surface area contributed by atoms with Crippen molar-refractivity contribution in [2.75, 3.05) is 20.6 Å². The molecule has 0 N–H and O–H groups in total. The minimum Gasteiger partial charge on any atom is -0.309 e. The average molecular weight is 205 g/mol. The minimum atomic E-state index is 0.689. The SMILES string of the molecule is CC(C)C(CCN(C)C)c1ccccc1. The molecule has 0 aromatic heterocycles. The molecule has 0 amide bonds. The Kier molecular flexibility index (Phi) is 4.83. The van der Waals surface area contributed by atoms with Crippen molar-refractivity contribution in [3.05, 3.63) is 35.9 Å². The van der Waals surface area contributed by atoms with Gasteiger partial charge in [0.1, 0.15) is 0 Å². The largest absolute Gasteiger partial charge is 0.309 e. The van der Waals surface area contributed by atoms with Gasteiger partial charge in [0.15, 0.2) is 0 Å². The molecule has 1 rings (SSSR count). The summed E-state index contributed by atoms with van der Waals surface area (Å²) in [5.41, 5.74) is 1.48. The molecule has 1 unspecified atom stereocenters. The number of rotatable bonds is 5. The molecule has 0 saturated heterocycles. The fraction of sp³-hybridized carbons (Fsp3) is 0.571. The molecule has 1 nitrogen and oxygen atoms in total. The highest BCUT2D eigenvalue weighted by atomic mass is 15.0. The zero-order valence-electron chi connectivity index (χ0n) is 10.4. The number of hydrogen-bond acceptors (Lipinski definition) is 1. The Balaban J connectivity index is 2.66. The van der Waals surface area contributed by atoms with Gasteiger partial charge in [-0.3, -0.25) is 0 Å². The smallest absolute Gasteiger partial charge is 0.00189 e. The Morgan fingerprint density at radius 3 is 2.13 bits per heavy atom. The van der Waals surface area contributed by atoms with Gasteiger partial charge < -0.3 is 4.90 Å². The van der Waals surface area contributed by atoms with E-state index in [1.54, 1.807) is 0 Å². The van der Waals surface area contributed by atoms with E-state index in [0.29, 0.717) is 11.8 Å². The van der Waals surface area contributed by atoms with Gasteiger partial charge in [0.05, 0.1) is 0 Å². The second-order valence-electron chi connectivity index (χ2n) is 4.85. The van der Waals surface area contributed by atoms with E-state index in [4.69, 9.17) is 0 Å². The van der Waals surface area contributed by atoms with Crippen LogP contribution in [-0.4, -0.2) is 25.5 Å². The maximum Gasteiger partial charge on any atom is -0.00189 e. The van der Waals surface area contributed by atoms with Gasteiger partial charge in [-0.25, -0.2) is 0 Å². The molecule has 0 radical (unpaired) electrons. The van der Waals surface area contributed by atoms with Crippen LogP contribution < -0.4 is 0 Å². The molecule has 1 aromatic carbocycles. The van der Waals surface area contributed by atoms with Crippen LogP contribution in [0.4, 0.5) is 0 Å². The van der Waals surface area contributed by atoms with E-state index in [9.17, 15) is 0 Å². The summed E-state index contributed by atoms with van der Waals surface area (Å²) in [6.45, 7) is 5.79. The summed E-state index contributed by atoms with van der Waals surface area (Å²) in [4.78, 5) is 2.26. The first-order valence-corrected chi connectivity index (χ1v) is 5.81. The van der Waals surface area contributed by atoms with E-state index >= 15 is 0 Å². The third-order valence-electron chi connectivity index (χ3n) is 2.92. The van der Waals surface area contributed by atoms with E-state index in [1.807, 2.05) is 0 Å². The van der Waals surface area contributed by atoms with Gasteiger partial charge in [-0.15, -0.1) is 0 Å². The third-order valence-corrected chi connectivity index (χ3v) is 2.92. The van der Waals surface area contributed by atoms with Crippen molar-refractivity contribution < 1.29 is 0 Å². The van der Waals surface area contributed by atoms with Crippen molar-refractivity contribution in [3.63, 3.8) is 0 Å². The van der Waals surface area contributed by atoms with Gasteiger partial charge in [0.2, 0.25) is 0 Å². The minimum absolute atomic E-state index is 0.689. The maximum atomic E-state index is 2.31. The molecule has 0 bridgehead atoms. The molecule has 84 valence electrons. The molecule has 0 spiro atoms. The molecule has 1 aromatic rings. The highest BCUT2D eigenvalue weighted by Gasteiger charge is 2.15. The summed E-state index contributed by atoms with van der Waals surface area (Å²) >= 11 is 0. The van der Waals surface area contributed by atoms with Crippen molar-refractivity contribution in [1.82, 2.24) is 4.90 Å². The summed E-state index contributed by atoms with van der Waals surface area (Å²) in [6.07, 6.45) is 1.24. The van der Waals surface area contributed by atoms with Crippen LogP contribution in [0.5, 0.6) is 0 Å². The normalized spacial score (nSPS) is 13.5. The summed E-state index contributed by atoms with van der Waals surface area (Å²) in [5, 5.41) is 0. The van der Waals surface area contributed by atoms with Crippen LogP contribution in [0.3, 0.4) is 0 Å². The summed E-state index contributed by atoms with van der Waals surface area (Å²) < 4.78 is 0. The van der Waals surface area contributed by atoms with Crippen LogP contribution in [0, 0.1) is 5.92 Å². The van der Waals surface area contributed by atoms with Crippen molar-refractivity contribution >= 4 is 0 Å². The van der Waals surface area contributed by atoms with E-state index in [2.05, 4.69) is 63.2 Å². The number of nitrogens with zero attached hydrogens (tertiary/aromatic N) is 1. The first-order valence-electron chi connectivity index (χ1n) is 5.81. The fourth-order valence-corrected chi connectivity index (χ4v) is 1.98. The lowest BCUT2D eigenvalue weighted by atomic mass is 9.86. The predicted octanol–water partition coefficient (Wildman–Crippen LogP) is 3.38. The van der Waals surface area contributed by atoms with Crippen molar-refractivity contribution in [2.45, 2.75) is 26.2 Å². The van der Waals surface area contributed by atoms with Gasteiger partial charge in [0, 0.05) is 0 Å². The monoisotopic (exact) mass is 205 g/mol. The molecule has 0 fully saturated rings. The lowest BCUT2D eigenvalue weighted by Crippen LogP contribution is -2.18. The maximum absolute atomic E-state index is 2.31. The zero-order chi connectivity index (χ0) is 11.3. The van der Waals surface area contributed by atoms with Crippen molar-refractivity contribution in [3.8, 4) is 0 Å². The number of benzene rings is 1. The molecule has 0 saturated carbocycles. The zero-order valence-corrected chi connectivity index (χ0v) is 10.4. The first kappa shape index (κ1) is 12.3. The fourth-order valence-electron chi connectivity index (χ4n) is 1.98. The predicted molar refractivity (Wildman–Crippen MR) is 67.2 cm³/mol. The van der Waals surface area contributed by atoms with Gasteiger partial charge in [-0.05, 0) is 44.5 Å². The Morgan fingerprint density at radius 1 is 1.07 bits per heavy atom. The third kappa shape index (κ3) is 4.05. The van der Waals surface area contributed by atoms with Gasteiger partial charge in [-0.2, -0.15) is 0 Å². The molecule has 0 aliphatic heterocycles. The van der Waals surface area contributed by atoms with Crippen molar-refractivity contribution in [2.24, 2.45) is 5.92 Å². The Morgan fingerprint density at radius 2 is 1.67 bits per heavy atom. The molecule has 1 atom stereocenters. The van der Waals surface area contributed by atoms with Crippen LogP contribution in [0.2, 0.25) is 0 Å². The Hall–Kier alpha value is -0.820. The highest BCUT2D eigenvalue weighted by Crippen LogP contribution is 2.27. The van der Waals surface area contributed by atoms with Crippen LogP contribution in [0.25, 0.3) is 0 Å². The molecular weight excluding hydrogens is 182 g/mol. The Bertz CT molecular complexity index is 264. The highest BCUT2D eigenvalue weighted by molar-refractivity contribution is 5.19. The second kappa shape index (κ2) is 5.92. The van der Waals surface area contributed by atoms with E-state index in [0.717, 1.165) is 6.54 Å². The van der Waals surface area contributed by atoms with Crippen LogP contribution in [0.1, 0.15) is 31.7 Å². The van der Waals surface area contributed by atoms with Crippen LogP contribution in [-0.2, 0) is 0 Å². The number of hydrogen-bond donors (Lipinski definition) is 0. The first-order chi connectivity index (χ1) is 7.11. The van der Waals surface area contributed by atoms with Gasteiger partial charge in [0.25, 0.3) is 0 Å². The van der Waals surface area contributed by atoms with E-state index < -0.39 is 0 Å².